The predicted octanol–water partition coefficient (Wildman–Crippen LogP) is 1.16. The summed E-state index contributed by atoms with van der Waals surface area (Å²) in [6, 6.07) is 0. The molecule has 0 fully saturated rings. The van der Waals surface area contributed by atoms with Crippen molar-refractivity contribution < 1.29 is 0 Å². The largest absolute Gasteiger partial charge is 0.259 e. The SMILES string of the molecule is CC1=NC=CN=C=C1. The number of rotatable bonds is 0. The van der Waals surface area contributed by atoms with Crippen LogP contribution >= 0.6 is 0 Å². The molecule has 1 heterocycles. The van der Waals surface area contributed by atoms with Gasteiger partial charge in [0.15, 0.2) is 0 Å². The summed E-state index contributed by atoms with van der Waals surface area (Å²) in [5.74, 6) is 2.68. The van der Waals surface area contributed by atoms with Crippen molar-refractivity contribution in [1.29, 1.82) is 0 Å². The van der Waals surface area contributed by atoms with E-state index in [1.54, 1.807) is 18.5 Å². The van der Waals surface area contributed by atoms with Gasteiger partial charge in [0, 0.05) is 18.0 Å². The normalized spacial score (nSPS) is 15.9. The van der Waals surface area contributed by atoms with Crippen LogP contribution in [0.2, 0.25) is 0 Å². The summed E-state index contributed by atoms with van der Waals surface area (Å²) in [4.78, 5) is 7.67. The molecule has 0 aromatic carbocycles. The molecule has 0 spiro atoms. The summed E-state index contributed by atoms with van der Waals surface area (Å²) in [5, 5.41) is 0. The maximum atomic E-state index is 3.95. The van der Waals surface area contributed by atoms with Crippen molar-refractivity contribution in [2.24, 2.45) is 9.98 Å². The summed E-state index contributed by atoms with van der Waals surface area (Å²) < 4.78 is 0. The fraction of sp³-hybridized carbons (Fsp3) is 0.167. The van der Waals surface area contributed by atoms with E-state index in [0.717, 1.165) is 5.71 Å². The standard InChI is InChI=1S/C6H6N2/c1-6-2-3-7-4-5-8-6/h2,4-5H,1H3. The third-order valence-corrected chi connectivity index (χ3v) is 0.767. The van der Waals surface area contributed by atoms with Gasteiger partial charge in [-0.3, -0.25) is 4.99 Å². The average Bonchev–Trinajstić information content (AvgIpc) is 1.94. The Balaban J connectivity index is 2.94. The Bertz CT molecular complexity index is 193. The van der Waals surface area contributed by atoms with Crippen LogP contribution in [0.15, 0.2) is 28.5 Å². The van der Waals surface area contributed by atoms with Crippen LogP contribution in [0, 0.1) is 0 Å². The maximum Gasteiger partial charge on any atom is 0.0551 e. The number of hydrogen-bond donors (Lipinski definition) is 0. The van der Waals surface area contributed by atoms with Gasteiger partial charge in [-0.15, -0.1) is 0 Å². The minimum atomic E-state index is 0.933. The summed E-state index contributed by atoms with van der Waals surface area (Å²) in [6.07, 6.45) is 4.98. The third kappa shape index (κ3) is 1.17. The Morgan fingerprint density at radius 2 is 2.38 bits per heavy atom. The van der Waals surface area contributed by atoms with E-state index in [1.165, 1.54) is 0 Å². The highest BCUT2D eigenvalue weighted by atomic mass is 14.8. The fourth-order valence-corrected chi connectivity index (χ4v) is 0.395. The molecular weight excluding hydrogens is 100 g/mol. The summed E-state index contributed by atoms with van der Waals surface area (Å²) >= 11 is 0. The van der Waals surface area contributed by atoms with Crippen LogP contribution in [0.5, 0.6) is 0 Å². The molecular formula is C6H6N2. The fourth-order valence-electron chi connectivity index (χ4n) is 0.395. The first-order valence-electron chi connectivity index (χ1n) is 2.37. The first-order valence-corrected chi connectivity index (χ1v) is 2.37. The van der Waals surface area contributed by atoms with E-state index in [0.29, 0.717) is 0 Å². The molecule has 1 rings (SSSR count). The highest BCUT2D eigenvalue weighted by molar-refractivity contribution is 6.00. The van der Waals surface area contributed by atoms with Crippen molar-refractivity contribution in [3.05, 3.63) is 18.5 Å². The molecule has 0 saturated carbocycles. The Labute approximate surface area is 48.0 Å². The highest BCUT2D eigenvalue weighted by Crippen LogP contribution is 1.84. The molecule has 0 unspecified atom stereocenters. The third-order valence-electron chi connectivity index (χ3n) is 0.767. The molecule has 2 heteroatoms. The van der Waals surface area contributed by atoms with Crippen LogP contribution in [0.1, 0.15) is 6.92 Å². The van der Waals surface area contributed by atoms with E-state index in [4.69, 9.17) is 0 Å². The Hall–Kier alpha value is -1.14. The quantitative estimate of drug-likeness (QED) is 0.442. The number of hydrogen-bond acceptors (Lipinski definition) is 2. The van der Waals surface area contributed by atoms with Crippen molar-refractivity contribution in [1.82, 2.24) is 0 Å². The minimum Gasteiger partial charge on any atom is -0.259 e. The zero-order valence-electron chi connectivity index (χ0n) is 4.63. The first-order chi connectivity index (χ1) is 3.89. The van der Waals surface area contributed by atoms with E-state index in [1.807, 2.05) is 6.92 Å². The molecule has 8 heavy (non-hydrogen) atoms. The topological polar surface area (TPSA) is 24.7 Å². The Morgan fingerprint density at radius 3 is 3.25 bits per heavy atom. The molecule has 2 nitrogen and oxygen atoms in total. The van der Waals surface area contributed by atoms with Gasteiger partial charge in [0.2, 0.25) is 0 Å². The molecule has 0 N–H and O–H groups in total. The van der Waals surface area contributed by atoms with E-state index in [2.05, 4.69) is 15.9 Å². The molecule has 1 aliphatic heterocycles. The number of allylic oxidation sites excluding steroid dienone is 1. The van der Waals surface area contributed by atoms with Gasteiger partial charge in [0.05, 0.1) is 6.20 Å². The highest BCUT2D eigenvalue weighted by Gasteiger charge is 1.78. The van der Waals surface area contributed by atoms with Gasteiger partial charge in [-0.1, -0.05) is 0 Å². The van der Waals surface area contributed by atoms with Gasteiger partial charge in [0.25, 0.3) is 0 Å². The lowest BCUT2D eigenvalue weighted by molar-refractivity contribution is 1.49. The van der Waals surface area contributed by atoms with Crippen LogP contribution in [0.3, 0.4) is 0 Å². The van der Waals surface area contributed by atoms with Gasteiger partial charge >= 0.3 is 0 Å². The Morgan fingerprint density at radius 1 is 1.50 bits per heavy atom. The van der Waals surface area contributed by atoms with Crippen molar-refractivity contribution in [3.8, 4) is 0 Å². The second-order valence-corrected chi connectivity index (χ2v) is 1.47. The van der Waals surface area contributed by atoms with E-state index in [-0.39, 0.29) is 0 Å². The minimum absolute atomic E-state index is 0.933. The molecule has 0 saturated heterocycles. The average molecular weight is 106 g/mol. The van der Waals surface area contributed by atoms with Crippen LogP contribution in [0.4, 0.5) is 0 Å². The smallest absolute Gasteiger partial charge is 0.0551 e. The van der Waals surface area contributed by atoms with E-state index >= 15 is 0 Å². The maximum absolute atomic E-state index is 3.95. The molecule has 0 aromatic heterocycles. The van der Waals surface area contributed by atoms with Gasteiger partial charge in [-0.05, 0) is 12.8 Å². The first kappa shape index (κ1) is 5.01. The lowest BCUT2D eigenvalue weighted by atomic mass is 10.4. The van der Waals surface area contributed by atoms with Gasteiger partial charge in [0.1, 0.15) is 0 Å². The molecule has 0 amide bonds. The summed E-state index contributed by atoms with van der Waals surface area (Å²) in [5.41, 5.74) is 0.933. The van der Waals surface area contributed by atoms with Crippen LogP contribution in [-0.2, 0) is 0 Å². The zero-order chi connectivity index (χ0) is 5.82. The van der Waals surface area contributed by atoms with E-state index < -0.39 is 0 Å². The van der Waals surface area contributed by atoms with Gasteiger partial charge in [-0.2, -0.15) is 0 Å². The molecule has 0 aliphatic carbocycles. The monoisotopic (exact) mass is 106 g/mol. The Kier molecular flexibility index (Phi) is 1.40. The van der Waals surface area contributed by atoms with Crippen molar-refractivity contribution in [2.45, 2.75) is 6.92 Å². The lowest BCUT2D eigenvalue weighted by Gasteiger charge is -1.77. The van der Waals surface area contributed by atoms with Crippen LogP contribution < -0.4 is 0 Å². The molecule has 1 aliphatic rings. The van der Waals surface area contributed by atoms with Gasteiger partial charge in [-0.25, -0.2) is 4.99 Å². The van der Waals surface area contributed by atoms with Crippen LogP contribution in [0.25, 0.3) is 0 Å². The molecule has 0 atom stereocenters. The van der Waals surface area contributed by atoms with Crippen molar-refractivity contribution in [3.63, 3.8) is 0 Å². The van der Waals surface area contributed by atoms with Crippen molar-refractivity contribution in [2.75, 3.05) is 0 Å². The summed E-state index contributed by atoms with van der Waals surface area (Å²) in [6.45, 7) is 1.90. The van der Waals surface area contributed by atoms with Gasteiger partial charge < -0.3 is 0 Å². The molecule has 0 radical (unpaired) electrons. The lowest BCUT2D eigenvalue weighted by Crippen LogP contribution is -1.79. The van der Waals surface area contributed by atoms with Crippen molar-refractivity contribution >= 4 is 11.6 Å². The molecule has 0 aromatic rings. The second-order valence-electron chi connectivity index (χ2n) is 1.47. The zero-order valence-corrected chi connectivity index (χ0v) is 4.63. The second kappa shape index (κ2) is 2.24. The summed E-state index contributed by atoms with van der Waals surface area (Å²) in [7, 11) is 0. The predicted molar refractivity (Wildman–Crippen MR) is 34.3 cm³/mol. The van der Waals surface area contributed by atoms with E-state index in [9.17, 15) is 0 Å². The molecule has 0 bridgehead atoms. The van der Waals surface area contributed by atoms with Crippen LogP contribution in [-0.4, -0.2) is 11.6 Å². The molecule has 40 valence electrons. The number of aliphatic imine (C=N–C) groups is 2. The number of nitrogens with zero attached hydrogens (tertiary/aromatic N) is 2.